The van der Waals surface area contributed by atoms with Crippen molar-refractivity contribution >= 4 is 5.97 Å². The van der Waals surface area contributed by atoms with E-state index in [1.807, 2.05) is 18.2 Å². The lowest BCUT2D eigenvalue weighted by Crippen LogP contribution is -2.22. The second-order valence-corrected chi connectivity index (χ2v) is 3.89. The highest BCUT2D eigenvalue weighted by molar-refractivity contribution is 5.93. The van der Waals surface area contributed by atoms with Crippen molar-refractivity contribution in [2.75, 3.05) is 6.54 Å². The lowest BCUT2D eigenvalue weighted by atomic mass is 10.1. The number of hydrogen-bond donors (Lipinski definition) is 2. The maximum absolute atomic E-state index is 10.8. The molecule has 1 aromatic carbocycles. The molecule has 1 aliphatic rings. The van der Waals surface area contributed by atoms with Crippen molar-refractivity contribution < 1.29 is 9.53 Å². The minimum absolute atomic E-state index is 0.199. The van der Waals surface area contributed by atoms with Crippen molar-refractivity contribution in [3.05, 3.63) is 35.4 Å². The summed E-state index contributed by atoms with van der Waals surface area (Å²) >= 11 is 0. The number of nitrogens with one attached hydrogen (secondary N) is 1. The van der Waals surface area contributed by atoms with E-state index in [1.165, 1.54) is 19.3 Å². The summed E-state index contributed by atoms with van der Waals surface area (Å²) < 4.78 is 4.78. The summed E-state index contributed by atoms with van der Waals surface area (Å²) in [5.41, 5.74) is 4.31. The number of rotatable bonds is 4. The van der Waals surface area contributed by atoms with Gasteiger partial charge in [0.25, 0.3) is 0 Å². The van der Waals surface area contributed by atoms with Crippen LogP contribution in [0.3, 0.4) is 0 Å². The number of esters is 1. The van der Waals surface area contributed by atoms with Crippen molar-refractivity contribution in [1.29, 1.82) is 0 Å². The first-order valence-electron chi connectivity index (χ1n) is 5.98. The van der Waals surface area contributed by atoms with Crippen LogP contribution >= 0.6 is 0 Å². The van der Waals surface area contributed by atoms with Crippen LogP contribution in [0.25, 0.3) is 0 Å². The van der Waals surface area contributed by atoms with Gasteiger partial charge < -0.3 is 4.74 Å². The Morgan fingerprint density at radius 3 is 2.76 bits per heavy atom. The average Bonchev–Trinajstić information content (AvgIpc) is 2.74. The molecule has 0 aromatic heterocycles. The van der Waals surface area contributed by atoms with Crippen molar-refractivity contribution in [3.8, 4) is 0 Å². The highest BCUT2D eigenvalue weighted by Crippen LogP contribution is 2.17. The molecule has 0 bridgehead atoms. The number of carbonyl (C=O) groups is 1. The molecule has 94 valence electrons. The first kappa shape index (κ1) is 13.7. The molecule has 1 heterocycles. The molecule has 17 heavy (non-hydrogen) atoms. The molecule has 2 rings (SSSR count). The molecule has 0 aliphatic carbocycles. The highest BCUT2D eigenvalue weighted by atomic mass is 16.5. The monoisotopic (exact) mass is 236 g/mol. The molecule has 0 spiro atoms. The largest absolute Gasteiger partial charge is 0.457 e. The van der Waals surface area contributed by atoms with Gasteiger partial charge in [0.2, 0.25) is 0 Å². The topological polar surface area (TPSA) is 64.3 Å². The van der Waals surface area contributed by atoms with E-state index in [4.69, 9.17) is 10.6 Å². The summed E-state index contributed by atoms with van der Waals surface area (Å²) in [6, 6.07) is 7.43. The fourth-order valence-electron chi connectivity index (χ4n) is 1.54. The van der Waals surface area contributed by atoms with E-state index in [1.54, 1.807) is 6.07 Å². The van der Waals surface area contributed by atoms with Crippen LogP contribution < -0.4 is 11.3 Å². The normalized spacial score (nSPS) is 12.5. The van der Waals surface area contributed by atoms with Crippen LogP contribution in [0.4, 0.5) is 0 Å². The number of cyclic esters (lactones) is 1. The Bertz CT molecular complexity index is 349. The predicted octanol–water partition coefficient (Wildman–Crippen LogP) is 2.00. The predicted molar refractivity (Wildman–Crippen MR) is 67.3 cm³/mol. The maximum atomic E-state index is 10.8. The smallest absolute Gasteiger partial charge is 0.338 e. The molecule has 4 nitrogen and oxygen atoms in total. The third-order valence-corrected chi connectivity index (χ3v) is 2.52. The zero-order chi connectivity index (χ0) is 12.5. The van der Waals surface area contributed by atoms with Crippen molar-refractivity contribution in [1.82, 2.24) is 5.43 Å². The third kappa shape index (κ3) is 4.54. The number of fused-ring (bicyclic) bond motifs is 1. The van der Waals surface area contributed by atoms with Crippen LogP contribution in [0.15, 0.2) is 24.3 Å². The van der Waals surface area contributed by atoms with Gasteiger partial charge in [-0.1, -0.05) is 38.0 Å². The summed E-state index contributed by atoms with van der Waals surface area (Å²) in [6.07, 6.45) is 3.75. The van der Waals surface area contributed by atoms with Crippen LogP contribution in [0.5, 0.6) is 0 Å². The summed E-state index contributed by atoms with van der Waals surface area (Å²) in [6.45, 7) is 3.57. The lowest BCUT2D eigenvalue weighted by Gasteiger charge is -1.93. The number of nitrogens with two attached hydrogens (primary N) is 1. The number of unbranched alkanes of at least 4 members (excludes halogenated alkanes) is 2. The SMILES string of the molecule is CCCCCNN.O=C1OCc2ccccc21. The van der Waals surface area contributed by atoms with Crippen molar-refractivity contribution in [2.45, 2.75) is 32.8 Å². The minimum atomic E-state index is -0.199. The van der Waals surface area contributed by atoms with Gasteiger partial charge in [-0.2, -0.15) is 0 Å². The standard InChI is InChI=1S/C8H6O2.C5H14N2/c9-8-7-4-2-1-3-6(7)5-10-8;1-2-3-4-5-7-6/h1-4H,5H2;7H,2-6H2,1H3. The number of ether oxygens (including phenoxy) is 1. The highest BCUT2D eigenvalue weighted by Gasteiger charge is 2.18. The van der Waals surface area contributed by atoms with Crippen LogP contribution in [-0.4, -0.2) is 12.5 Å². The van der Waals surface area contributed by atoms with Crippen LogP contribution in [0, 0.1) is 0 Å². The summed E-state index contributed by atoms with van der Waals surface area (Å²) in [4.78, 5) is 10.8. The molecular formula is C13H20N2O2. The molecule has 3 N–H and O–H groups in total. The summed E-state index contributed by atoms with van der Waals surface area (Å²) in [5.74, 6) is 4.82. The van der Waals surface area contributed by atoms with Gasteiger partial charge in [-0.3, -0.25) is 11.3 Å². The van der Waals surface area contributed by atoms with E-state index in [2.05, 4.69) is 12.3 Å². The van der Waals surface area contributed by atoms with Gasteiger partial charge in [-0.25, -0.2) is 4.79 Å². The minimum Gasteiger partial charge on any atom is -0.457 e. The number of benzene rings is 1. The fourth-order valence-corrected chi connectivity index (χ4v) is 1.54. The molecule has 0 fully saturated rings. The number of hydrazine groups is 1. The second kappa shape index (κ2) is 7.81. The molecule has 0 unspecified atom stereocenters. The average molecular weight is 236 g/mol. The number of hydrogen-bond acceptors (Lipinski definition) is 4. The van der Waals surface area contributed by atoms with Crippen LogP contribution in [0.2, 0.25) is 0 Å². The second-order valence-electron chi connectivity index (χ2n) is 3.89. The van der Waals surface area contributed by atoms with Crippen LogP contribution in [0.1, 0.15) is 42.1 Å². The number of carbonyl (C=O) groups excluding carboxylic acids is 1. The van der Waals surface area contributed by atoms with Crippen LogP contribution in [-0.2, 0) is 11.3 Å². The summed E-state index contributed by atoms with van der Waals surface area (Å²) in [7, 11) is 0. The van der Waals surface area contributed by atoms with Crippen molar-refractivity contribution in [3.63, 3.8) is 0 Å². The molecule has 1 aliphatic heterocycles. The van der Waals surface area contributed by atoms with Gasteiger partial charge >= 0.3 is 5.97 Å². The Labute approximate surface area is 102 Å². The molecule has 4 heteroatoms. The van der Waals surface area contributed by atoms with Gasteiger partial charge in [-0.15, -0.1) is 0 Å². The fraction of sp³-hybridized carbons (Fsp3) is 0.462. The first-order chi connectivity index (χ1) is 8.29. The molecule has 0 saturated heterocycles. The van der Waals surface area contributed by atoms with Crippen molar-refractivity contribution in [2.24, 2.45) is 5.84 Å². The van der Waals surface area contributed by atoms with Gasteiger partial charge in [0.05, 0.1) is 5.56 Å². The zero-order valence-electron chi connectivity index (χ0n) is 10.2. The Hall–Kier alpha value is -1.39. The third-order valence-electron chi connectivity index (χ3n) is 2.52. The molecular weight excluding hydrogens is 216 g/mol. The molecule has 0 amide bonds. The van der Waals surface area contributed by atoms with Gasteiger partial charge in [-0.05, 0) is 12.5 Å². The first-order valence-corrected chi connectivity index (χ1v) is 5.98. The Morgan fingerprint density at radius 2 is 2.12 bits per heavy atom. The van der Waals surface area contributed by atoms with Gasteiger partial charge in [0.1, 0.15) is 6.61 Å². The maximum Gasteiger partial charge on any atom is 0.338 e. The van der Waals surface area contributed by atoms with Gasteiger partial charge in [0.15, 0.2) is 0 Å². The quantitative estimate of drug-likeness (QED) is 0.363. The lowest BCUT2D eigenvalue weighted by molar-refractivity contribution is 0.0535. The summed E-state index contributed by atoms with van der Waals surface area (Å²) in [5, 5.41) is 0. The van der Waals surface area contributed by atoms with E-state index in [-0.39, 0.29) is 5.97 Å². The Morgan fingerprint density at radius 1 is 1.35 bits per heavy atom. The van der Waals surface area contributed by atoms with E-state index < -0.39 is 0 Å². The van der Waals surface area contributed by atoms with E-state index in [0.717, 1.165) is 12.1 Å². The zero-order valence-corrected chi connectivity index (χ0v) is 10.2. The molecule has 0 saturated carbocycles. The Balaban J connectivity index is 0.000000185. The molecule has 1 aromatic rings. The van der Waals surface area contributed by atoms with E-state index >= 15 is 0 Å². The molecule has 0 radical (unpaired) electrons. The van der Waals surface area contributed by atoms with E-state index in [9.17, 15) is 4.79 Å². The van der Waals surface area contributed by atoms with Gasteiger partial charge in [0, 0.05) is 12.1 Å². The van der Waals surface area contributed by atoms with E-state index in [0.29, 0.717) is 12.2 Å². The Kier molecular flexibility index (Phi) is 6.29. The molecule has 0 atom stereocenters.